The minimum absolute atomic E-state index is 1.29. The minimum atomic E-state index is 1.29. The summed E-state index contributed by atoms with van der Waals surface area (Å²) in [5, 5.41) is 0. The second-order valence-electron chi connectivity index (χ2n) is 3.11. The van der Waals surface area contributed by atoms with Crippen LogP contribution in [-0.4, -0.2) is 4.57 Å². The quantitative estimate of drug-likeness (QED) is 0.512. The number of nitrogens with zero attached hydrogens (tertiary/aromatic N) is 1. The van der Waals surface area contributed by atoms with E-state index >= 15 is 0 Å². The van der Waals surface area contributed by atoms with Crippen molar-refractivity contribution in [3.05, 3.63) is 23.5 Å². The van der Waals surface area contributed by atoms with Gasteiger partial charge in [0.05, 0.1) is 0 Å². The first-order chi connectivity index (χ1) is 4.88. The van der Waals surface area contributed by atoms with E-state index < -0.39 is 0 Å². The predicted molar refractivity (Wildman–Crippen MR) is 42.1 cm³/mol. The zero-order chi connectivity index (χ0) is 6.97. The lowest BCUT2D eigenvalue weighted by molar-refractivity contribution is 0.648. The molecule has 0 aromatic carbocycles. The van der Waals surface area contributed by atoms with Gasteiger partial charge in [-0.05, 0) is 37.3 Å². The summed E-state index contributed by atoms with van der Waals surface area (Å²) in [6.45, 7) is 0. The fourth-order valence-electron chi connectivity index (χ4n) is 1.79. The average molecular weight is 135 g/mol. The van der Waals surface area contributed by atoms with Gasteiger partial charge in [-0.15, -0.1) is 0 Å². The smallest absolute Gasteiger partial charge is 0.0203 e. The average Bonchev–Trinajstić information content (AvgIpc) is 2.34. The Kier molecular flexibility index (Phi) is 1.30. The highest BCUT2D eigenvalue weighted by Gasteiger charge is 2.10. The van der Waals surface area contributed by atoms with Crippen LogP contribution in [0.5, 0.6) is 0 Å². The van der Waals surface area contributed by atoms with Gasteiger partial charge in [-0.1, -0.05) is 0 Å². The van der Waals surface area contributed by atoms with Crippen molar-refractivity contribution in [3.8, 4) is 0 Å². The van der Waals surface area contributed by atoms with Crippen molar-refractivity contribution in [2.45, 2.75) is 25.7 Å². The molecule has 0 saturated carbocycles. The number of aromatic nitrogens is 1. The Balaban J connectivity index is 2.45. The van der Waals surface area contributed by atoms with Gasteiger partial charge >= 0.3 is 0 Å². The van der Waals surface area contributed by atoms with Crippen molar-refractivity contribution in [2.75, 3.05) is 0 Å². The highest BCUT2D eigenvalue weighted by molar-refractivity contribution is 5.24. The van der Waals surface area contributed by atoms with Crippen LogP contribution in [0, 0.1) is 0 Å². The molecule has 1 heterocycles. The Hall–Kier alpha value is -0.720. The van der Waals surface area contributed by atoms with Gasteiger partial charge in [-0.3, -0.25) is 0 Å². The van der Waals surface area contributed by atoms with Crippen molar-refractivity contribution < 1.29 is 0 Å². The first kappa shape index (κ1) is 6.02. The van der Waals surface area contributed by atoms with Gasteiger partial charge in [-0.25, -0.2) is 0 Å². The van der Waals surface area contributed by atoms with Crippen LogP contribution < -0.4 is 0 Å². The lowest BCUT2D eigenvalue weighted by Crippen LogP contribution is -2.04. The molecule has 2 rings (SSSR count). The molecule has 54 valence electrons. The van der Waals surface area contributed by atoms with E-state index in [-0.39, 0.29) is 0 Å². The molecule has 1 aromatic heterocycles. The van der Waals surface area contributed by atoms with Crippen molar-refractivity contribution in [3.63, 3.8) is 0 Å². The molecular weight excluding hydrogens is 122 g/mol. The lowest BCUT2D eigenvalue weighted by Gasteiger charge is -2.12. The van der Waals surface area contributed by atoms with E-state index in [4.69, 9.17) is 0 Å². The fraction of sp³-hybridized carbons (Fsp3) is 0.556. The number of fused-ring (bicyclic) bond motifs is 1. The van der Waals surface area contributed by atoms with Crippen LogP contribution in [0.25, 0.3) is 0 Å². The van der Waals surface area contributed by atoms with Crippen LogP contribution in [-0.2, 0) is 19.9 Å². The first-order valence-corrected chi connectivity index (χ1v) is 4.01. The van der Waals surface area contributed by atoms with Crippen LogP contribution in [0.1, 0.15) is 24.1 Å². The SMILES string of the molecule is Cn1ccc2c1CCCC2. The minimum Gasteiger partial charge on any atom is -0.354 e. The lowest BCUT2D eigenvalue weighted by atomic mass is 9.98. The van der Waals surface area contributed by atoms with Crippen molar-refractivity contribution in [1.29, 1.82) is 0 Å². The second-order valence-corrected chi connectivity index (χ2v) is 3.11. The summed E-state index contributed by atoms with van der Waals surface area (Å²) in [6, 6.07) is 2.26. The first-order valence-electron chi connectivity index (χ1n) is 4.01. The third kappa shape index (κ3) is 0.772. The molecule has 0 bridgehead atoms. The summed E-state index contributed by atoms with van der Waals surface area (Å²) < 4.78 is 2.26. The Bertz CT molecular complexity index is 235. The molecule has 0 amide bonds. The summed E-state index contributed by atoms with van der Waals surface area (Å²) in [6.07, 6.45) is 7.53. The van der Waals surface area contributed by atoms with Crippen LogP contribution in [0.3, 0.4) is 0 Å². The van der Waals surface area contributed by atoms with Gasteiger partial charge in [0.1, 0.15) is 0 Å². The normalized spacial score (nSPS) is 16.9. The zero-order valence-corrected chi connectivity index (χ0v) is 6.43. The maximum atomic E-state index is 2.26. The highest BCUT2D eigenvalue weighted by Crippen LogP contribution is 2.20. The van der Waals surface area contributed by atoms with E-state index in [1.807, 2.05) is 0 Å². The maximum Gasteiger partial charge on any atom is 0.0203 e. The Morgan fingerprint density at radius 2 is 2.10 bits per heavy atom. The summed E-state index contributed by atoms with van der Waals surface area (Å²) >= 11 is 0. The fourth-order valence-corrected chi connectivity index (χ4v) is 1.79. The molecule has 1 aliphatic rings. The molecule has 0 N–H and O–H groups in total. The van der Waals surface area contributed by atoms with Gasteiger partial charge in [0.2, 0.25) is 0 Å². The van der Waals surface area contributed by atoms with Gasteiger partial charge in [0, 0.05) is 18.9 Å². The summed E-state index contributed by atoms with van der Waals surface area (Å²) in [5.41, 5.74) is 3.14. The number of hydrogen-bond acceptors (Lipinski definition) is 0. The third-order valence-corrected chi connectivity index (χ3v) is 2.41. The predicted octanol–water partition coefficient (Wildman–Crippen LogP) is 1.90. The molecule has 1 aliphatic carbocycles. The summed E-state index contributed by atoms with van der Waals surface area (Å²) in [5.74, 6) is 0. The van der Waals surface area contributed by atoms with E-state index in [2.05, 4.69) is 23.9 Å². The molecule has 1 heteroatoms. The van der Waals surface area contributed by atoms with E-state index in [1.54, 1.807) is 11.3 Å². The van der Waals surface area contributed by atoms with Crippen LogP contribution >= 0.6 is 0 Å². The Labute approximate surface area is 61.7 Å². The molecular formula is C9H13N. The summed E-state index contributed by atoms with van der Waals surface area (Å²) in [7, 11) is 2.14. The van der Waals surface area contributed by atoms with Crippen molar-refractivity contribution >= 4 is 0 Å². The molecule has 0 spiro atoms. The molecule has 0 radical (unpaired) electrons. The van der Waals surface area contributed by atoms with Gasteiger partial charge < -0.3 is 4.57 Å². The molecule has 1 aromatic rings. The molecule has 10 heavy (non-hydrogen) atoms. The van der Waals surface area contributed by atoms with Crippen LogP contribution in [0.4, 0.5) is 0 Å². The number of aryl methyl sites for hydroxylation is 2. The van der Waals surface area contributed by atoms with Gasteiger partial charge in [-0.2, -0.15) is 0 Å². The number of hydrogen-bond donors (Lipinski definition) is 0. The molecule has 0 saturated heterocycles. The van der Waals surface area contributed by atoms with Crippen LogP contribution in [0.2, 0.25) is 0 Å². The third-order valence-electron chi connectivity index (χ3n) is 2.41. The van der Waals surface area contributed by atoms with Crippen molar-refractivity contribution in [2.24, 2.45) is 7.05 Å². The van der Waals surface area contributed by atoms with E-state index in [0.29, 0.717) is 0 Å². The van der Waals surface area contributed by atoms with Crippen molar-refractivity contribution in [1.82, 2.24) is 4.57 Å². The number of rotatable bonds is 0. The molecule has 0 atom stereocenters. The summed E-state index contributed by atoms with van der Waals surface area (Å²) in [4.78, 5) is 0. The maximum absolute atomic E-state index is 2.26. The van der Waals surface area contributed by atoms with E-state index in [1.165, 1.54) is 25.7 Å². The van der Waals surface area contributed by atoms with Crippen LogP contribution in [0.15, 0.2) is 12.3 Å². The molecule has 0 aliphatic heterocycles. The zero-order valence-electron chi connectivity index (χ0n) is 6.43. The standard InChI is InChI=1S/C9H13N/c1-10-7-6-8-4-2-3-5-9(8)10/h6-7H,2-5H2,1H3. The second kappa shape index (κ2) is 2.15. The largest absolute Gasteiger partial charge is 0.354 e. The Morgan fingerprint density at radius 1 is 1.30 bits per heavy atom. The molecule has 1 nitrogen and oxygen atoms in total. The monoisotopic (exact) mass is 135 g/mol. The molecule has 0 unspecified atom stereocenters. The topological polar surface area (TPSA) is 4.93 Å². The highest BCUT2D eigenvalue weighted by atomic mass is 14.9. The van der Waals surface area contributed by atoms with E-state index in [0.717, 1.165) is 0 Å². The Morgan fingerprint density at radius 3 is 2.90 bits per heavy atom. The van der Waals surface area contributed by atoms with Gasteiger partial charge in [0.15, 0.2) is 0 Å². The van der Waals surface area contributed by atoms with Gasteiger partial charge in [0.25, 0.3) is 0 Å². The van der Waals surface area contributed by atoms with E-state index in [9.17, 15) is 0 Å². The molecule has 0 fully saturated rings.